The van der Waals surface area contributed by atoms with Gasteiger partial charge in [-0.05, 0) is 42.3 Å². The van der Waals surface area contributed by atoms with Gasteiger partial charge in [0.1, 0.15) is 6.61 Å². The number of hydrogen-bond donors (Lipinski definition) is 1. The van der Waals surface area contributed by atoms with Gasteiger partial charge in [-0.25, -0.2) is 4.79 Å². The number of aryl methyl sites for hydroxylation is 1. The Morgan fingerprint density at radius 2 is 1.89 bits per heavy atom. The minimum absolute atomic E-state index is 0.228. The van der Waals surface area contributed by atoms with Crippen molar-refractivity contribution in [3.63, 3.8) is 0 Å². The van der Waals surface area contributed by atoms with Crippen LogP contribution in [0.1, 0.15) is 21.5 Å². The first kappa shape index (κ1) is 14.0. The van der Waals surface area contributed by atoms with Gasteiger partial charge in [0.2, 0.25) is 0 Å². The fourth-order valence-corrected chi connectivity index (χ4v) is 1.97. The summed E-state index contributed by atoms with van der Waals surface area (Å²) in [7, 11) is 0. The maximum absolute atomic E-state index is 12.0. The first-order valence-corrected chi connectivity index (χ1v) is 6.60. The molecule has 2 aromatic carbocycles. The molecule has 0 radical (unpaired) electrons. The predicted octanol–water partition coefficient (Wildman–Crippen LogP) is 4.29. The average Bonchev–Trinajstić information content (AvgIpc) is 2.40. The highest BCUT2D eigenvalue weighted by Crippen LogP contribution is 2.16. The maximum Gasteiger partial charge on any atom is 0.338 e. The van der Waals surface area contributed by atoms with Crippen molar-refractivity contribution in [1.82, 2.24) is 0 Å². The molecule has 0 heterocycles. The van der Waals surface area contributed by atoms with Crippen molar-refractivity contribution in [3.8, 4) is 0 Å². The molecule has 0 amide bonds. The van der Waals surface area contributed by atoms with E-state index in [1.807, 2.05) is 31.2 Å². The number of hydrogen-bond acceptors (Lipinski definition) is 3. The summed E-state index contributed by atoms with van der Waals surface area (Å²) in [4.78, 5) is 12.7. The number of halogens is 1. The van der Waals surface area contributed by atoms with E-state index < -0.39 is 0 Å². The van der Waals surface area contributed by atoms with Crippen LogP contribution in [0.5, 0.6) is 0 Å². The zero-order valence-electron chi connectivity index (χ0n) is 10.4. The van der Waals surface area contributed by atoms with E-state index in [0.717, 1.165) is 16.0 Å². The molecule has 0 bridgehead atoms. The summed E-state index contributed by atoms with van der Waals surface area (Å²) < 4.78 is 5.27. The molecule has 0 aliphatic carbocycles. The van der Waals surface area contributed by atoms with Gasteiger partial charge in [0.15, 0.2) is 0 Å². The molecule has 0 atom stereocenters. The second-order valence-corrected chi connectivity index (χ2v) is 5.15. The third kappa shape index (κ3) is 3.75. The van der Waals surface area contributed by atoms with E-state index >= 15 is 0 Å². The summed E-state index contributed by atoms with van der Waals surface area (Å²) in [5.74, 6) is -0.344. The summed E-state index contributed by atoms with van der Waals surface area (Å²) in [6, 6.07) is 12.6. The van der Waals surface area contributed by atoms with Crippen molar-refractivity contribution in [2.45, 2.75) is 18.4 Å². The Hall–Kier alpha value is -1.45. The Labute approximate surface area is 122 Å². The third-order valence-corrected chi connectivity index (χ3v) is 3.25. The fourth-order valence-electron chi connectivity index (χ4n) is 1.64. The lowest BCUT2D eigenvalue weighted by Gasteiger charge is -2.08. The van der Waals surface area contributed by atoms with Gasteiger partial charge in [0.05, 0.1) is 5.56 Å². The standard InChI is InChI=1S/C15H13ClO2S/c1-10-2-7-13(19)8-14(10)15(17)18-9-11-3-5-12(16)6-4-11/h2-8,19H,9H2,1H3. The van der Waals surface area contributed by atoms with Crippen LogP contribution in [0.4, 0.5) is 0 Å². The number of esters is 1. The lowest BCUT2D eigenvalue weighted by molar-refractivity contribution is 0.0471. The number of thiol groups is 1. The average molecular weight is 293 g/mol. The zero-order chi connectivity index (χ0) is 13.8. The van der Waals surface area contributed by atoms with Gasteiger partial charge in [-0.15, -0.1) is 12.6 Å². The van der Waals surface area contributed by atoms with Crippen LogP contribution in [0, 0.1) is 6.92 Å². The van der Waals surface area contributed by atoms with E-state index in [9.17, 15) is 4.79 Å². The van der Waals surface area contributed by atoms with E-state index in [4.69, 9.17) is 16.3 Å². The van der Waals surface area contributed by atoms with Gasteiger partial charge in [0.25, 0.3) is 0 Å². The number of rotatable bonds is 3. The summed E-state index contributed by atoms with van der Waals surface area (Å²) in [5, 5.41) is 0.661. The van der Waals surface area contributed by atoms with Gasteiger partial charge in [-0.1, -0.05) is 29.8 Å². The summed E-state index contributed by atoms with van der Waals surface area (Å²) in [6.07, 6.45) is 0. The molecule has 0 aromatic heterocycles. The largest absolute Gasteiger partial charge is 0.457 e. The van der Waals surface area contributed by atoms with Crippen molar-refractivity contribution >= 4 is 30.2 Å². The van der Waals surface area contributed by atoms with Gasteiger partial charge in [-0.3, -0.25) is 0 Å². The van der Waals surface area contributed by atoms with E-state index in [1.165, 1.54) is 0 Å². The Bertz CT molecular complexity index is 594. The lowest BCUT2D eigenvalue weighted by atomic mass is 10.1. The highest BCUT2D eigenvalue weighted by atomic mass is 35.5. The molecule has 0 aliphatic heterocycles. The smallest absolute Gasteiger partial charge is 0.338 e. The van der Waals surface area contributed by atoms with Crippen LogP contribution < -0.4 is 0 Å². The van der Waals surface area contributed by atoms with E-state index in [0.29, 0.717) is 10.6 Å². The molecule has 0 N–H and O–H groups in total. The molecular weight excluding hydrogens is 280 g/mol. The highest BCUT2D eigenvalue weighted by molar-refractivity contribution is 7.80. The molecule has 0 aliphatic rings. The minimum atomic E-state index is -0.344. The second-order valence-electron chi connectivity index (χ2n) is 4.20. The zero-order valence-corrected chi connectivity index (χ0v) is 12.0. The summed E-state index contributed by atoms with van der Waals surface area (Å²) in [5.41, 5.74) is 2.32. The Morgan fingerprint density at radius 3 is 2.58 bits per heavy atom. The van der Waals surface area contributed by atoms with Crippen LogP contribution in [0.15, 0.2) is 47.4 Å². The third-order valence-electron chi connectivity index (χ3n) is 2.72. The molecule has 0 fully saturated rings. The molecule has 4 heteroatoms. The molecule has 2 aromatic rings. The van der Waals surface area contributed by atoms with E-state index in [-0.39, 0.29) is 12.6 Å². The van der Waals surface area contributed by atoms with Crippen molar-refractivity contribution < 1.29 is 9.53 Å². The molecule has 2 rings (SSSR count). The Morgan fingerprint density at radius 1 is 1.21 bits per heavy atom. The molecule has 0 spiro atoms. The SMILES string of the molecule is Cc1ccc(S)cc1C(=O)OCc1ccc(Cl)cc1. The predicted molar refractivity (Wildman–Crippen MR) is 79.0 cm³/mol. The molecule has 98 valence electrons. The Kier molecular flexibility index (Phi) is 4.51. The monoisotopic (exact) mass is 292 g/mol. The molecule has 0 saturated heterocycles. The van der Waals surface area contributed by atoms with Crippen molar-refractivity contribution in [1.29, 1.82) is 0 Å². The Balaban J connectivity index is 2.05. The maximum atomic E-state index is 12.0. The van der Waals surface area contributed by atoms with Gasteiger partial charge < -0.3 is 4.74 Å². The second kappa shape index (κ2) is 6.13. The van der Waals surface area contributed by atoms with Crippen molar-refractivity contribution in [3.05, 3.63) is 64.2 Å². The first-order valence-electron chi connectivity index (χ1n) is 5.77. The molecule has 0 saturated carbocycles. The van der Waals surface area contributed by atoms with Crippen molar-refractivity contribution in [2.75, 3.05) is 0 Å². The fraction of sp³-hybridized carbons (Fsp3) is 0.133. The first-order chi connectivity index (χ1) is 9.06. The number of carbonyl (C=O) groups is 1. The molecular formula is C15H13ClO2S. The van der Waals surface area contributed by atoms with E-state index in [2.05, 4.69) is 12.6 Å². The molecule has 2 nitrogen and oxygen atoms in total. The van der Waals surface area contributed by atoms with Crippen LogP contribution in [-0.4, -0.2) is 5.97 Å². The minimum Gasteiger partial charge on any atom is -0.457 e. The number of ether oxygens (including phenoxy) is 1. The van der Waals surface area contributed by atoms with Gasteiger partial charge in [-0.2, -0.15) is 0 Å². The number of carbonyl (C=O) groups excluding carboxylic acids is 1. The van der Waals surface area contributed by atoms with Gasteiger partial charge in [0, 0.05) is 9.92 Å². The van der Waals surface area contributed by atoms with Gasteiger partial charge >= 0.3 is 5.97 Å². The lowest BCUT2D eigenvalue weighted by Crippen LogP contribution is -2.07. The topological polar surface area (TPSA) is 26.3 Å². The van der Waals surface area contributed by atoms with Crippen LogP contribution in [0.2, 0.25) is 5.02 Å². The summed E-state index contributed by atoms with van der Waals surface area (Å²) in [6.45, 7) is 2.10. The quantitative estimate of drug-likeness (QED) is 0.674. The van der Waals surface area contributed by atoms with Crippen LogP contribution in [-0.2, 0) is 11.3 Å². The van der Waals surface area contributed by atoms with Crippen LogP contribution in [0.3, 0.4) is 0 Å². The van der Waals surface area contributed by atoms with Crippen molar-refractivity contribution in [2.24, 2.45) is 0 Å². The molecule has 0 unspecified atom stereocenters. The summed E-state index contributed by atoms with van der Waals surface area (Å²) >= 11 is 10.0. The number of benzene rings is 2. The van der Waals surface area contributed by atoms with E-state index in [1.54, 1.807) is 18.2 Å². The van der Waals surface area contributed by atoms with Crippen LogP contribution >= 0.6 is 24.2 Å². The molecule has 19 heavy (non-hydrogen) atoms. The highest BCUT2D eigenvalue weighted by Gasteiger charge is 2.10. The van der Waals surface area contributed by atoms with Crippen LogP contribution in [0.25, 0.3) is 0 Å². The normalized spacial score (nSPS) is 10.3.